The second kappa shape index (κ2) is 6.89. The zero-order chi connectivity index (χ0) is 14.4. The van der Waals surface area contributed by atoms with E-state index in [4.69, 9.17) is 5.73 Å². The summed E-state index contributed by atoms with van der Waals surface area (Å²) in [5.41, 5.74) is 6.33. The van der Waals surface area contributed by atoms with Crippen molar-refractivity contribution in [2.45, 2.75) is 26.4 Å². The number of carbonyl (C=O) groups excluding carboxylic acids is 2. The molecule has 0 saturated heterocycles. The Bertz CT molecular complexity index is 417. The largest absolute Gasteiger partial charge is 0.364 e. The zero-order valence-corrected chi connectivity index (χ0v) is 11.4. The molecule has 0 bridgehead atoms. The van der Waals surface area contributed by atoms with E-state index >= 15 is 0 Å². The van der Waals surface area contributed by atoms with Gasteiger partial charge < -0.3 is 20.5 Å². The number of aromatic nitrogens is 1. The predicted molar refractivity (Wildman–Crippen MR) is 68.8 cm³/mol. The number of amides is 2. The molecule has 3 N–H and O–H groups in total. The van der Waals surface area contributed by atoms with Crippen molar-refractivity contribution in [3.05, 3.63) is 18.0 Å². The second-order valence-electron chi connectivity index (χ2n) is 4.73. The Hall–Kier alpha value is -1.89. The number of hydrogen-bond donors (Lipinski definition) is 2. The summed E-state index contributed by atoms with van der Waals surface area (Å²) in [6, 6.07) is 1.07. The molecular formula is C12H20N4O3. The highest BCUT2D eigenvalue weighted by Gasteiger charge is 2.18. The van der Waals surface area contributed by atoms with Gasteiger partial charge in [-0.15, -0.1) is 0 Å². The van der Waals surface area contributed by atoms with Gasteiger partial charge in [0.2, 0.25) is 11.8 Å². The summed E-state index contributed by atoms with van der Waals surface area (Å²) in [4.78, 5) is 24.8. The SMILES string of the molecule is CC(C)[C@H](N)C(=O)NCC(=O)N(C)Cc1ccon1. The van der Waals surface area contributed by atoms with Gasteiger partial charge >= 0.3 is 0 Å². The van der Waals surface area contributed by atoms with E-state index in [1.807, 2.05) is 13.8 Å². The van der Waals surface area contributed by atoms with E-state index in [1.165, 1.54) is 11.2 Å². The highest BCUT2D eigenvalue weighted by molar-refractivity contribution is 5.87. The highest BCUT2D eigenvalue weighted by Crippen LogP contribution is 2.00. The minimum absolute atomic E-state index is 0.0305. The van der Waals surface area contributed by atoms with Crippen molar-refractivity contribution in [2.75, 3.05) is 13.6 Å². The van der Waals surface area contributed by atoms with Gasteiger partial charge in [0, 0.05) is 13.1 Å². The van der Waals surface area contributed by atoms with E-state index in [0.29, 0.717) is 12.2 Å². The third-order valence-electron chi connectivity index (χ3n) is 2.75. The first-order valence-corrected chi connectivity index (χ1v) is 6.08. The lowest BCUT2D eigenvalue weighted by Crippen LogP contribution is -2.47. The molecule has 0 saturated carbocycles. The van der Waals surface area contributed by atoms with Crippen LogP contribution in [0.5, 0.6) is 0 Å². The molecule has 1 aromatic rings. The first-order chi connectivity index (χ1) is 8.91. The van der Waals surface area contributed by atoms with Crippen molar-refractivity contribution < 1.29 is 14.1 Å². The molecule has 7 heteroatoms. The Morgan fingerprint density at radius 1 is 1.53 bits per heavy atom. The van der Waals surface area contributed by atoms with Gasteiger partial charge in [0.05, 0.1) is 19.1 Å². The molecule has 0 aliphatic rings. The summed E-state index contributed by atoms with van der Waals surface area (Å²) in [5.74, 6) is -0.506. The van der Waals surface area contributed by atoms with Crippen molar-refractivity contribution in [2.24, 2.45) is 11.7 Å². The minimum atomic E-state index is -0.603. The van der Waals surface area contributed by atoms with Gasteiger partial charge in [-0.1, -0.05) is 19.0 Å². The van der Waals surface area contributed by atoms with Crippen LogP contribution in [0.15, 0.2) is 16.9 Å². The Kier molecular flexibility index (Phi) is 5.50. The Labute approximate surface area is 112 Å². The fourth-order valence-electron chi connectivity index (χ4n) is 1.37. The van der Waals surface area contributed by atoms with Gasteiger partial charge in [-0.2, -0.15) is 0 Å². The molecular weight excluding hydrogens is 248 g/mol. The first kappa shape index (κ1) is 15.2. The van der Waals surface area contributed by atoms with Crippen molar-refractivity contribution >= 4 is 11.8 Å². The van der Waals surface area contributed by atoms with Crippen molar-refractivity contribution in [1.29, 1.82) is 0 Å². The van der Waals surface area contributed by atoms with Crippen LogP contribution in [0.4, 0.5) is 0 Å². The van der Waals surface area contributed by atoms with Crippen molar-refractivity contribution in [3.63, 3.8) is 0 Å². The predicted octanol–water partition coefficient (Wildman–Crippen LogP) is -0.267. The van der Waals surface area contributed by atoms with E-state index in [1.54, 1.807) is 13.1 Å². The van der Waals surface area contributed by atoms with E-state index < -0.39 is 6.04 Å². The lowest BCUT2D eigenvalue weighted by atomic mass is 10.1. The van der Waals surface area contributed by atoms with Crippen LogP contribution in [0, 0.1) is 5.92 Å². The summed E-state index contributed by atoms with van der Waals surface area (Å²) in [6.45, 7) is 3.96. The third-order valence-corrected chi connectivity index (χ3v) is 2.75. The molecule has 0 unspecified atom stereocenters. The maximum atomic E-state index is 11.8. The fraction of sp³-hybridized carbons (Fsp3) is 0.583. The number of nitrogens with two attached hydrogens (primary N) is 1. The maximum Gasteiger partial charge on any atom is 0.242 e. The van der Waals surface area contributed by atoms with Crippen molar-refractivity contribution in [1.82, 2.24) is 15.4 Å². The number of rotatable bonds is 6. The van der Waals surface area contributed by atoms with Crippen LogP contribution >= 0.6 is 0 Å². The topological polar surface area (TPSA) is 101 Å². The molecule has 1 rings (SSSR count). The standard InChI is InChI=1S/C12H20N4O3/c1-8(2)11(13)12(18)14-6-10(17)16(3)7-9-4-5-19-15-9/h4-5,8,11H,6-7,13H2,1-3H3,(H,14,18)/t11-/m0/s1. The van der Waals surface area contributed by atoms with Gasteiger partial charge in [-0.3, -0.25) is 9.59 Å². The van der Waals surface area contributed by atoms with Crippen LogP contribution < -0.4 is 11.1 Å². The van der Waals surface area contributed by atoms with Crippen LogP contribution in [0.3, 0.4) is 0 Å². The van der Waals surface area contributed by atoms with Crippen LogP contribution in [-0.2, 0) is 16.1 Å². The lowest BCUT2D eigenvalue weighted by molar-refractivity contribution is -0.132. The lowest BCUT2D eigenvalue weighted by Gasteiger charge is -2.18. The fourth-order valence-corrected chi connectivity index (χ4v) is 1.37. The number of nitrogens with one attached hydrogen (secondary N) is 1. The first-order valence-electron chi connectivity index (χ1n) is 6.08. The van der Waals surface area contributed by atoms with Gasteiger partial charge in [0.25, 0.3) is 0 Å². The number of hydrogen-bond acceptors (Lipinski definition) is 5. The van der Waals surface area contributed by atoms with Crippen LogP contribution in [0.1, 0.15) is 19.5 Å². The Balaban J connectivity index is 2.36. The molecule has 19 heavy (non-hydrogen) atoms. The molecule has 0 aromatic carbocycles. The second-order valence-corrected chi connectivity index (χ2v) is 4.73. The maximum absolute atomic E-state index is 11.8. The number of carbonyl (C=O) groups is 2. The van der Waals surface area contributed by atoms with E-state index in [0.717, 1.165) is 0 Å². The van der Waals surface area contributed by atoms with Gasteiger partial charge in [0.1, 0.15) is 12.0 Å². The molecule has 0 radical (unpaired) electrons. The molecule has 0 aliphatic heterocycles. The summed E-state index contributed by atoms with van der Waals surface area (Å²) >= 11 is 0. The van der Waals surface area contributed by atoms with Gasteiger partial charge in [-0.05, 0) is 5.92 Å². The zero-order valence-electron chi connectivity index (χ0n) is 11.4. The van der Waals surface area contributed by atoms with Gasteiger partial charge in [-0.25, -0.2) is 0 Å². The molecule has 0 aliphatic carbocycles. The molecule has 2 amide bonds. The summed E-state index contributed by atoms with van der Waals surface area (Å²) in [5, 5.41) is 6.23. The molecule has 106 valence electrons. The number of nitrogens with zero attached hydrogens (tertiary/aromatic N) is 2. The summed E-state index contributed by atoms with van der Waals surface area (Å²) in [7, 11) is 1.63. The minimum Gasteiger partial charge on any atom is -0.364 e. The van der Waals surface area contributed by atoms with Crippen molar-refractivity contribution in [3.8, 4) is 0 Å². The quantitative estimate of drug-likeness (QED) is 0.739. The van der Waals surface area contributed by atoms with Crippen LogP contribution in [0.2, 0.25) is 0 Å². The van der Waals surface area contributed by atoms with E-state index in [9.17, 15) is 9.59 Å². The Morgan fingerprint density at radius 3 is 2.74 bits per heavy atom. The molecule has 0 spiro atoms. The normalized spacial score (nSPS) is 12.3. The molecule has 0 fully saturated rings. The smallest absolute Gasteiger partial charge is 0.242 e. The third kappa shape index (κ3) is 4.70. The van der Waals surface area contributed by atoms with Crippen LogP contribution in [0.25, 0.3) is 0 Å². The average molecular weight is 268 g/mol. The molecule has 7 nitrogen and oxygen atoms in total. The average Bonchev–Trinajstić information content (AvgIpc) is 2.86. The monoisotopic (exact) mass is 268 g/mol. The molecule has 1 heterocycles. The van der Waals surface area contributed by atoms with E-state index in [-0.39, 0.29) is 24.3 Å². The Morgan fingerprint density at radius 2 is 2.21 bits per heavy atom. The highest BCUT2D eigenvalue weighted by atomic mass is 16.5. The summed E-state index contributed by atoms with van der Waals surface area (Å²) in [6.07, 6.45) is 1.44. The number of likely N-dealkylation sites (N-methyl/N-ethyl adjacent to an activating group) is 1. The molecule has 1 atom stereocenters. The van der Waals surface area contributed by atoms with Crippen LogP contribution in [-0.4, -0.2) is 41.5 Å². The van der Waals surface area contributed by atoms with Gasteiger partial charge in [0.15, 0.2) is 0 Å². The summed E-state index contributed by atoms with van der Waals surface area (Å²) < 4.78 is 4.68. The molecule has 1 aromatic heterocycles. The van der Waals surface area contributed by atoms with E-state index in [2.05, 4.69) is 15.0 Å².